The highest BCUT2D eigenvalue weighted by molar-refractivity contribution is 6.11. The van der Waals surface area contributed by atoms with Gasteiger partial charge in [-0.1, -0.05) is 178 Å². The predicted molar refractivity (Wildman–Crippen MR) is 296 cm³/mol. The highest BCUT2D eigenvalue weighted by Crippen LogP contribution is 2.52. The number of rotatable bonds is 7. The molecule has 0 aliphatic heterocycles. The van der Waals surface area contributed by atoms with Gasteiger partial charge in [-0.25, -0.2) is 0 Å². The molecule has 0 atom stereocenters. The van der Waals surface area contributed by atoms with Crippen molar-refractivity contribution in [3.63, 3.8) is 0 Å². The first-order valence-corrected chi connectivity index (χ1v) is 24.3. The van der Waals surface area contributed by atoms with Crippen molar-refractivity contribution < 1.29 is 0 Å². The van der Waals surface area contributed by atoms with E-state index in [1.165, 1.54) is 105 Å². The minimum atomic E-state index is -0.237. The monoisotopic (exact) mass is 893 g/mol. The maximum atomic E-state index is 2.45. The largest absolute Gasteiger partial charge is 0.310 e. The molecule has 3 nitrogen and oxygen atoms in total. The maximum absolute atomic E-state index is 2.45. The first kappa shape index (κ1) is 40.2. The average molecular weight is 894 g/mol. The van der Waals surface area contributed by atoms with Crippen molar-refractivity contribution in [1.29, 1.82) is 0 Å². The van der Waals surface area contributed by atoms with Gasteiger partial charge in [-0.3, -0.25) is 0 Å². The van der Waals surface area contributed by atoms with Crippen molar-refractivity contribution in [3.05, 3.63) is 260 Å². The van der Waals surface area contributed by atoms with Gasteiger partial charge in [-0.15, -0.1) is 0 Å². The number of fused-ring (bicyclic) bond motifs is 10. The van der Waals surface area contributed by atoms with Crippen LogP contribution in [0.1, 0.15) is 25.0 Å². The second-order valence-corrected chi connectivity index (χ2v) is 19.3. The quantitative estimate of drug-likeness (QED) is 0.155. The van der Waals surface area contributed by atoms with Crippen molar-refractivity contribution >= 4 is 71.4 Å². The molecule has 13 aromatic rings. The van der Waals surface area contributed by atoms with E-state index in [1.54, 1.807) is 0 Å². The lowest BCUT2D eigenvalue weighted by atomic mass is 9.81. The Hall–Kier alpha value is -8.92. The Kier molecular flexibility index (Phi) is 8.93. The Morgan fingerprint density at radius 1 is 0.314 bits per heavy atom. The van der Waals surface area contributed by atoms with Crippen LogP contribution < -0.4 is 4.90 Å². The van der Waals surface area contributed by atoms with E-state index in [9.17, 15) is 0 Å². The van der Waals surface area contributed by atoms with Gasteiger partial charge >= 0.3 is 0 Å². The number of nitrogens with zero attached hydrogens (tertiary/aromatic N) is 3. The van der Waals surface area contributed by atoms with Crippen molar-refractivity contribution in [2.45, 2.75) is 19.3 Å². The summed E-state index contributed by atoms with van der Waals surface area (Å²) in [6.07, 6.45) is 0. The van der Waals surface area contributed by atoms with Crippen LogP contribution in [0.3, 0.4) is 0 Å². The molecule has 11 aromatic carbocycles. The highest BCUT2D eigenvalue weighted by Gasteiger charge is 2.36. The first-order chi connectivity index (χ1) is 34.5. The van der Waals surface area contributed by atoms with E-state index in [4.69, 9.17) is 0 Å². The maximum Gasteiger partial charge on any atom is 0.0547 e. The average Bonchev–Trinajstić information content (AvgIpc) is 4.01. The Bertz CT molecular complexity index is 4130. The molecule has 0 spiro atoms. The smallest absolute Gasteiger partial charge is 0.0547 e. The number of para-hydroxylation sites is 4. The molecule has 3 heteroatoms. The van der Waals surface area contributed by atoms with Gasteiger partial charge in [-0.2, -0.15) is 0 Å². The Labute approximate surface area is 407 Å². The summed E-state index contributed by atoms with van der Waals surface area (Å²) in [5.74, 6) is 0. The summed E-state index contributed by atoms with van der Waals surface area (Å²) in [5, 5.41) is 7.50. The van der Waals surface area contributed by atoms with Crippen molar-refractivity contribution in [1.82, 2.24) is 9.13 Å². The molecule has 1 aliphatic carbocycles. The van der Waals surface area contributed by atoms with E-state index in [0.29, 0.717) is 0 Å². The topological polar surface area (TPSA) is 13.1 Å². The van der Waals surface area contributed by atoms with Crippen LogP contribution in [-0.2, 0) is 5.41 Å². The van der Waals surface area contributed by atoms with Gasteiger partial charge in [0.15, 0.2) is 0 Å². The molecule has 0 saturated heterocycles. The Balaban J connectivity index is 0.832. The summed E-state index contributed by atoms with van der Waals surface area (Å²) >= 11 is 0. The van der Waals surface area contributed by atoms with Gasteiger partial charge in [-0.05, 0) is 135 Å². The molecule has 14 rings (SSSR count). The van der Waals surface area contributed by atoms with Gasteiger partial charge < -0.3 is 14.0 Å². The third kappa shape index (κ3) is 6.15. The predicted octanol–water partition coefficient (Wildman–Crippen LogP) is 18.1. The molecule has 70 heavy (non-hydrogen) atoms. The standard InChI is InChI=1S/C67H47N3/c1-67(2)60-41-47(48-32-39-59-58-22-10-13-25-65(58)70(66(59)42-48)49-17-4-3-5-18-49)31-38-54(60)55-40-37-52(43-61(55)67)68(62-26-14-16-46-15-6-7-19-53(46)62)50-33-27-44(28-34-50)45-29-35-51(36-30-45)69-63-23-11-8-20-56(63)57-21-9-12-24-64(57)69/h3-43H,1-2H3. The summed E-state index contributed by atoms with van der Waals surface area (Å²) in [6, 6.07) is 91.6. The molecule has 0 N–H and O–H groups in total. The van der Waals surface area contributed by atoms with Gasteiger partial charge in [0.2, 0.25) is 0 Å². The molecular formula is C67H47N3. The zero-order valence-corrected chi connectivity index (χ0v) is 39.0. The summed E-state index contributed by atoms with van der Waals surface area (Å²) in [6.45, 7) is 4.79. The number of anilines is 3. The highest BCUT2D eigenvalue weighted by atomic mass is 15.1. The van der Waals surface area contributed by atoms with Crippen molar-refractivity contribution in [2.75, 3.05) is 4.90 Å². The molecule has 1 aliphatic rings. The number of benzene rings is 11. The normalized spacial score (nSPS) is 12.8. The number of hydrogen-bond acceptors (Lipinski definition) is 1. The molecule has 330 valence electrons. The zero-order chi connectivity index (χ0) is 46.5. The van der Waals surface area contributed by atoms with Crippen LogP contribution in [0.2, 0.25) is 0 Å². The zero-order valence-electron chi connectivity index (χ0n) is 39.0. The lowest BCUT2D eigenvalue weighted by Gasteiger charge is -2.29. The molecule has 0 bridgehead atoms. The molecule has 0 fully saturated rings. The Morgan fingerprint density at radius 3 is 1.44 bits per heavy atom. The number of hydrogen-bond donors (Lipinski definition) is 0. The minimum Gasteiger partial charge on any atom is -0.310 e. The van der Waals surface area contributed by atoms with Crippen LogP contribution in [-0.4, -0.2) is 9.13 Å². The van der Waals surface area contributed by atoms with Gasteiger partial charge in [0.25, 0.3) is 0 Å². The number of aromatic nitrogens is 2. The van der Waals surface area contributed by atoms with Gasteiger partial charge in [0.05, 0.1) is 27.8 Å². The van der Waals surface area contributed by atoms with Gasteiger partial charge in [0, 0.05) is 55.1 Å². The fourth-order valence-corrected chi connectivity index (χ4v) is 11.7. The van der Waals surface area contributed by atoms with E-state index in [1.807, 2.05) is 0 Å². The van der Waals surface area contributed by atoms with E-state index in [-0.39, 0.29) is 5.41 Å². The summed E-state index contributed by atoms with van der Waals surface area (Å²) in [4.78, 5) is 2.45. The molecule has 0 amide bonds. The van der Waals surface area contributed by atoms with Crippen LogP contribution in [0, 0.1) is 0 Å². The van der Waals surface area contributed by atoms with Crippen LogP contribution in [0.4, 0.5) is 17.1 Å². The van der Waals surface area contributed by atoms with Crippen LogP contribution >= 0.6 is 0 Å². The lowest BCUT2D eigenvalue weighted by Crippen LogP contribution is -2.16. The van der Waals surface area contributed by atoms with E-state index >= 15 is 0 Å². The van der Waals surface area contributed by atoms with Crippen LogP contribution in [0.15, 0.2) is 249 Å². The van der Waals surface area contributed by atoms with Crippen molar-refractivity contribution in [2.24, 2.45) is 0 Å². The summed E-state index contributed by atoms with van der Waals surface area (Å²) in [5.41, 5.74) is 20.5. The molecule has 2 heterocycles. The lowest BCUT2D eigenvalue weighted by molar-refractivity contribution is 0.660. The molecular weight excluding hydrogens is 847 g/mol. The SMILES string of the molecule is CC1(C)c2cc(-c3ccc4c5ccccc5n(-c5ccccc5)c4c3)ccc2-c2ccc(N(c3ccc(-c4ccc(-n5c6ccccc6c6ccccc65)cc4)cc3)c3cccc4ccccc34)cc21. The second-order valence-electron chi connectivity index (χ2n) is 19.3. The third-order valence-electron chi connectivity index (χ3n) is 15.1. The van der Waals surface area contributed by atoms with E-state index < -0.39 is 0 Å². The van der Waals surface area contributed by atoms with Crippen LogP contribution in [0.5, 0.6) is 0 Å². The van der Waals surface area contributed by atoms with E-state index in [2.05, 4.69) is 277 Å². The van der Waals surface area contributed by atoms with Crippen molar-refractivity contribution in [3.8, 4) is 44.8 Å². The molecule has 0 saturated carbocycles. The summed E-state index contributed by atoms with van der Waals surface area (Å²) < 4.78 is 4.78. The van der Waals surface area contributed by atoms with Gasteiger partial charge in [0.1, 0.15) is 0 Å². The second kappa shape index (κ2) is 15.6. The summed E-state index contributed by atoms with van der Waals surface area (Å²) in [7, 11) is 0. The third-order valence-corrected chi connectivity index (χ3v) is 15.1. The molecule has 0 unspecified atom stereocenters. The molecule has 0 radical (unpaired) electrons. The Morgan fingerprint density at radius 2 is 0.771 bits per heavy atom. The fourth-order valence-electron chi connectivity index (χ4n) is 11.7. The first-order valence-electron chi connectivity index (χ1n) is 24.3. The van der Waals surface area contributed by atoms with E-state index in [0.717, 1.165) is 22.7 Å². The molecule has 2 aromatic heterocycles. The minimum absolute atomic E-state index is 0.237. The van der Waals surface area contributed by atoms with Crippen LogP contribution in [0.25, 0.3) is 99.1 Å². The fraction of sp³-hybridized carbons (Fsp3) is 0.0448.